The Labute approximate surface area is 117 Å². The van der Waals surface area contributed by atoms with E-state index >= 15 is 0 Å². The molecule has 0 saturated heterocycles. The van der Waals surface area contributed by atoms with Crippen molar-refractivity contribution in [3.8, 4) is 0 Å². The molecule has 0 bridgehead atoms. The molecule has 0 spiro atoms. The molecule has 1 aliphatic carbocycles. The molecule has 2 aromatic rings. The minimum atomic E-state index is 0.520. The lowest BCUT2D eigenvalue weighted by atomic mass is 10.2. The molecule has 0 amide bonds. The van der Waals surface area contributed by atoms with E-state index in [0.29, 0.717) is 11.7 Å². The summed E-state index contributed by atoms with van der Waals surface area (Å²) in [5.74, 6) is 2.89. The number of hydrogen-bond donors (Lipinski definition) is 2. The van der Waals surface area contributed by atoms with Gasteiger partial charge in [-0.3, -0.25) is 0 Å². The van der Waals surface area contributed by atoms with Gasteiger partial charge in [0.05, 0.1) is 6.54 Å². The number of rotatable bonds is 4. The minimum absolute atomic E-state index is 0.520. The number of nitrogens with one attached hydrogen (secondary N) is 1. The van der Waals surface area contributed by atoms with Gasteiger partial charge in [-0.15, -0.1) is 11.3 Å². The maximum atomic E-state index is 5.98. The molecule has 0 aromatic carbocycles. The van der Waals surface area contributed by atoms with Crippen molar-refractivity contribution in [3.63, 3.8) is 0 Å². The Morgan fingerprint density at radius 3 is 2.79 bits per heavy atom. The molecule has 1 fully saturated rings. The molecule has 0 unspecified atom stereocenters. The summed E-state index contributed by atoms with van der Waals surface area (Å²) in [4.78, 5) is 10.4. The Hall–Kier alpha value is -1.62. The first-order valence-corrected chi connectivity index (χ1v) is 7.44. The fourth-order valence-electron chi connectivity index (χ4n) is 2.00. The third-order valence-corrected chi connectivity index (χ3v) is 4.55. The van der Waals surface area contributed by atoms with Gasteiger partial charge in [0, 0.05) is 16.4 Å². The third-order valence-electron chi connectivity index (χ3n) is 3.53. The molecule has 1 aliphatic rings. The molecule has 19 heavy (non-hydrogen) atoms. The molecule has 0 atom stereocenters. The Kier molecular flexibility index (Phi) is 3.14. The van der Waals surface area contributed by atoms with Crippen LogP contribution in [-0.2, 0) is 6.54 Å². The van der Waals surface area contributed by atoms with E-state index in [0.717, 1.165) is 23.8 Å². The van der Waals surface area contributed by atoms with Crippen molar-refractivity contribution >= 4 is 23.0 Å². The second-order valence-corrected chi connectivity index (χ2v) is 6.10. The number of anilines is 2. The number of aromatic nitrogens is 2. The lowest BCUT2D eigenvalue weighted by Gasteiger charge is -2.11. The van der Waals surface area contributed by atoms with Crippen molar-refractivity contribution in [2.45, 2.75) is 39.2 Å². The summed E-state index contributed by atoms with van der Waals surface area (Å²) in [5.41, 5.74) is 8.24. The zero-order valence-corrected chi connectivity index (χ0v) is 12.0. The fourth-order valence-corrected chi connectivity index (χ4v) is 2.84. The minimum Gasteiger partial charge on any atom is -0.383 e. The highest BCUT2D eigenvalue weighted by Gasteiger charge is 2.27. The summed E-state index contributed by atoms with van der Waals surface area (Å²) in [6.45, 7) is 4.89. The molecule has 2 aromatic heterocycles. The van der Waals surface area contributed by atoms with Crippen molar-refractivity contribution in [2.24, 2.45) is 0 Å². The van der Waals surface area contributed by atoms with Gasteiger partial charge in [0.15, 0.2) is 0 Å². The van der Waals surface area contributed by atoms with Crippen LogP contribution in [0.25, 0.3) is 0 Å². The lowest BCUT2D eigenvalue weighted by Crippen LogP contribution is -2.09. The number of aryl methyl sites for hydroxylation is 1. The third kappa shape index (κ3) is 2.56. The molecule has 4 nitrogen and oxygen atoms in total. The van der Waals surface area contributed by atoms with Crippen LogP contribution in [0.2, 0.25) is 0 Å². The van der Waals surface area contributed by atoms with E-state index in [4.69, 9.17) is 5.73 Å². The van der Waals surface area contributed by atoms with Crippen molar-refractivity contribution in [2.75, 3.05) is 11.1 Å². The smallest absolute Gasteiger partial charge is 0.136 e. The fraction of sp³-hybridized carbons (Fsp3) is 0.429. The number of nitrogens with two attached hydrogens (primary N) is 1. The van der Waals surface area contributed by atoms with Crippen LogP contribution in [0.15, 0.2) is 11.4 Å². The van der Waals surface area contributed by atoms with Gasteiger partial charge in [-0.05, 0) is 43.7 Å². The van der Waals surface area contributed by atoms with Crippen LogP contribution in [0.5, 0.6) is 0 Å². The molecular formula is C14H18N4S. The summed E-state index contributed by atoms with van der Waals surface area (Å²) >= 11 is 1.76. The second-order valence-electron chi connectivity index (χ2n) is 5.10. The van der Waals surface area contributed by atoms with E-state index in [9.17, 15) is 0 Å². The van der Waals surface area contributed by atoms with Gasteiger partial charge in [-0.1, -0.05) is 0 Å². The number of hydrogen-bond acceptors (Lipinski definition) is 5. The van der Waals surface area contributed by atoms with Crippen molar-refractivity contribution in [1.82, 2.24) is 9.97 Å². The SMILES string of the molecule is Cc1ccsc1CNc1nc(C2CC2)nc(N)c1C. The van der Waals surface area contributed by atoms with Gasteiger partial charge in [0.25, 0.3) is 0 Å². The number of nitrogens with zero attached hydrogens (tertiary/aromatic N) is 2. The maximum Gasteiger partial charge on any atom is 0.136 e. The Morgan fingerprint density at radius 1 is 1.37 bits per heavy atom. The maximum absolute atomic E-state index is 5.98. The Bertz CT molecular complexity index is 601. The van der Waals surface area contributed by atoms with Crippen LogP contribution in [-0.4, -0.2) is 9.97 Å². The molecule has 5 heteroatoms. The average molecular weight is 274 g/mol. The molecular weight excluding hydrogens is 256 g/mol. The number of nitrogen functional groups attached to an aromatic ring is 1. The topological polar surface area (TPSA) is 63.8 Å². The molecule has 100 valence electrons. The molecule has 3 rings (SSSR count). The van der Waals surface area contributed by atoms with Crippen LogP contribution in [0.4, 0.5) is 11.6 Å². The monoisotopic (exact) mass is 274 g/mol. The normalized spacial score (nSPS) is 14.6. The predicted molar refractivity (Wildman–Crippen MR) is 79.5 cm³/mol. The van der Waals surface area contributed by atoms with Gasteiger partial charge in [0.1, 0.15) is 17.5 Å². The van der Waals surface area contributed by atoms with E-state index in [2.05, 4.69) is 33.7 Å². The summed E-state index contributed by atoms with van der Waals surface area (Å²) < 4.78 is 0. The standard InChI is InChI=1S/C14H18N4S/c1-8-5-6-19-11(8)7-16-13-9(2)12(15)17-14(18-13)10-3-4-10/h5-6,10H,3-4,7H2,1-2H3,(H3,15,16,17,18). The first kappa shape index (κ1) is 12.4. The zero-order valence-electron chi connectivity index (χ0n) is 11.2. The van der Waals surface area contributed by atoms with Crippen LogP contribution < -0.4 is 11.1 Å². The molecule has 1 saturated carbocycles. The Balaban J connectivity index is 1.81. The highest BCUT2D eigenvalue weighted by molar-refractivity contribution is 7.10. The van der Waals surface area contributed by atoms with Gasteiger partial charge in [0.2, 0.25) is 0 Å². The van der Waals surface area contributed by atoms with E-state index in [1.165, 1.54) is 23.3 Å². The highest BCUT2D eigenvalue weighted by Crippen LogP contribution is 2.39. The van der Waals surface area contributed by atoms with Crippen LogP contribution >= 0.6 is 11.3 Å². The molecule has 0 radical (unpaired) electrons. The average Bonchev–Trinajstić information content (AvgIpc) is 3.15. The van der Waals surface area contributed by atoms with E-state index in [-0.39, 0.29) is 0 Å². The van der Waals surface area contributed by atoms with Gasteiger partial charge in [-0.2, -0.15) is 0 Å². The predicted octanol–water partition coefficient (Wildman–Crippen LogP) is 3.23. The van der Waals surface area contributed by atoms with E-state index in [1.807, 2.05) is 6.92 Å². The van der Waals surface area contributed by atoms with Crippen molar-refractivity contribution < 1.29 is 0 Å². The van der Waals surface area contributed by atoms with Gasteiger partial charge < -0.3 is 11.1 Å². The van der Waals surface area contributed by atoms with Crippen molar-refractivity contribution in [3.05, 3.63) is 33.3 Å². The second kappa shape index (κ2) is 4.81. The van der Waals surface area contributed by atoms with E-state index < -0.39 is 0 Å². The van der Waals surface area contributed by atoms with Crippen LogP contribution in [0, 0.1) is 13.8 Å². The van der Waals surface area contributed by atoms with Crippen LogP contribution in [0.1, 0.15) is 40.6 Å². The number of thiophene rings is 1. The van der Waals surface area contributed by atoms with Gasteiger partial charge in [-0.25, -0.2) is 9.97 Å². The van der Waals surface area contributed by atoms with Crippen LogP contribution in [0.3, 0.4) is 0 Å². The van der Waals surface area contributed by atoms with Gasteiger partial charge >= 0.3 is 0 Å². The molecule has 0 aliphatic heterocycles. The summed E-state index contributed by atoms with van der Waals surface area (Å²) in [6, 6.07) is 2.14. The summed E-state index contributed by atoms with van der Waals surface area (Å²) in [6.07, 6.45) is 2.37. The first-order chi connectivity index (χ1) is 9.15. The highest BCUT2D eigenvalue weighted by atomic mass is 32.1. The molecule has 2 heterocycles. The zero-order chi connectivity index (χ0) is 13.4. The van der Waals surface area contributed by atoms with E-state index in [1.54, 1.807) is 11.3 Å². The van der Waals surface area contributed by atoms with Crippen molar-refractivity contribution in [1.29, 1.82) is 0 Å². The first-order valence-electron chi connectivity index (χ1n) is 6.56. The molecule has 3 N–H and O–H groups in total. The quantitative estimate of drug-likeness (QED) is 0.898. The lowest BCUT2D eigenvalue weighted by molar-refractivity contribution is 0.918. The summed E-state index contributed by atoms with van der Waals surface area (Å²) in [5, 5.41) is 5.51. The Morgan fingerprint density at radius 2 is 2.16 bits per heavy atom. The largest absolute Gasteiger partial charge is 0.383 e. The summed E-state index contributed by atoms with van der Waals surface area (Å²) in [7, 11) is 0.